The quantitative estimate of drug-likeness (QED) is 0.785. The van der Waals surface area contributed by atoms with Crippen LogP contribution in [0.4, 0.5) is 4.39 Å². The Labute approximate surface area is 147 Å². The summed E-state index contributed by atoms with van der Waals surface area (Å²) in [6.45, 7) is 1.03. The Balaban J connectivity index is 1.65. The standard InChI is InChI=1S/C19H24FNO4/c1-23-19(22)17-8-12-4-2-3-5-16(12)21(17)9-13-6-15(20)7-14-10-24-11-25-18(13)14/h6-7,12,16-17H,2-5,8-11H2,1H3. The smallest absolute Gasteiger partial charge is 0.323 e. The molecule has 0 aromatic heterocycles. The number of nitrogens with zero attached hydrogens (tertiary/aromatic N) is 1. The van der Waals surface area contributed by atoms with Gasteiger partial charge in [-0.05, 0) is 37.3 Å². The maximum Gasteiger partial charge on any atom is 0.323 e. The lowest BCUT2D eigenvalue weighted by molar-refractivity contribution is -0.146. The second-order valence-electron chi connectivity index (χ2n) is 7.22. The third kappa shape index (κ3) is 3.13. The SMILES string of the molecule is COC(=O)C1CC2CCCCC2N1Cc1cc(F)cc2c1OCOC2. The van der Waals surface area contributed by atoms with Gasteiger partial charge in [-0.2, -0.15) is 0 Å². The lowest BCUT2D eigenvalue weighted by Gasteiger charge is -2.34. The average Bonchev–Trinajstić information content (AvgIpc) is 2.99. The van der Waals surface area contributed by atoms with Gasteiger partial charge in [0.25, 0.3) is 0 Å². The molecule has 2 heterocycles. The van der Waals surface area contributed by atoms with Crippen molar-refractivity contribution in [3.8, 4) is 5.75 Å². The van der Waals surface area contributed by atoms with Crippen molar-refractivity contribution in [2.24, 2.45) is 5.92 Å². The first-order chi connectivity index (χ1) is 12.2. The zero-order valence-electron chi connectivity index (χ0n) is 14.5. The second kappa shape index (κ2) is 6.92. The molecule has 2 fully saturated rings. The summed E-state index contributed by atoms with van der Waals surface area (Å²) in [5.74, 6) is 0.739. The Morgan fingerprint density at radius 3 is 3.04 bits per heavy atom. The molecular formula is C19H24FNO4. The Morgan fingerprint density at radius 2 is 2.20 bits per heavy atom. The number of hydrogen-bond donors (Lipinski definition) is 0. The van der Waals surface area contributed by atoms with Gasteiger partial charge in [0, 0.05) is 23.7 Å². The van der Waals surface area contributed by atoms with Gasteiger partial charge in [-0.1, -0.05) is 12.8 Å². The second-order valence-corrected chi connectivity index (χ2v) is 7.22. The summed E-state index contributed by atoms with van der Waals surface area (Å²) in [4.78, 5) is 14.5. The number of ether oxygens (including phenoxy) is 3. The minimum atomic E-state index is -0.295. The number of esters is 1. The molecule has 0 spiro atoms. The lowest BCUT2D eigenvalue weighted by atomic mass is 9.84. The van der Waals surface area contributed by atoms with Crippen molar-refractivity contribution in [1.82, 2.24) is 4.90 Å². The van der Waals surface area contributed by atoms with Crippen LogP contribution < -0.4 is 4.74 Å². The van der Waals surface area contributed by atoms with Crippen LogP contribution in [-0.4, -0.2) is 36.9 Å². The van der Waals surface area contributed by atoms with Gasteiger partial charge in [-0.15, -0.1) is 0 Å². The van der Waals surface area contributed by atoms with Gasteiger partial charge < -0.3 is 14.2 Å². The molecule has 3 aliphatic rings. The molecule has 1 aromatic carbocycles. The maximum absolute atomic E-state index is 14.1. The van der Waals surface area contributed by atoms with Crippen molar-refractivity contribution in [1.29, 1.82) is 0 Å². The fraction of sp³-hybridized carbons (Fsp3) is 0.632. The first-order valence-corrected chi connectivity index (χ1v) is 9.03. The normalized spacial score (nSPS) is 28.8. The van der Waals surface area contributed by atoms with Crippen LogP contribution in [-0.2, 0) is 27.4 Å². The van der Waals surface area contributed by atoms with Crippen molar-refractivity contribution in [2.45, 2.75) is 57.3 Å². The van der Waals surface area contributed by atoms with Crippen LogP contribution in [0.15, 0.2) is 12.1 Å². The molecule has 1 saturated heterocycles. The fourth-order valence-electron chi connectivity index (χ4n) is 4.72. The zero-order valence-corrected chi connectivity index (χ0v) is 14.5. The van der Waals surface area contributed by atoms with Crippen LogP contribution in [0.25, 0.3) is 0 Å². The molecule has 0 amide bonds. The van der Waals surface area contributed by atoms with Crippen LogP contribution in [0.3, 0.4) is 0 Å². The van der Waals surface area contributed by atoms with Crippen molar-refractivity contribution < 1.29 is 23.4 Å². The van der Waals surface area contributed by atoms with Gasteiger partial charge in [0.15, 0.2) is 6.79 Å². The van der Waals surface area contributed by atoms with Crippen LogP contribution in [0.1, 0.15) is 43.2 Å². The Bertz CT molecular complexity index is 665. The summed E-state index contributed by atoms with van der Waals surface area (Å²) < 4.78 is 30.0. The van der Waals surface area contributed by atoms with E-state index in [9.17, 15) is 9.18 Å². The predicted octanol–water partition coefficient (Wildman–Crippen LogP) is 3.00. The highest BCUT2D eigenvalue weighted by molar-refractivity contribution is 5.76. The first kappa shape index (κ1) is 16.8. The highest BCUT2D eigenvalue weighted by atomic mass is 19.1. The molecule has 6 heteroatoms. The van der Waals surface area contributed by atoms with Crippen LogP contribution in [0.2, 0.25) is 0 Å². The number of methoxy groups -OCH3 is 1. The molecule has 25 heavy (non-hydrogen) atoms. The number of fused-ring (bicyclic) bond motifs is 2. The summed E-state index contributed by atoms with van der Waals surface area (Å²) in [6, 6.07) is 3.09. The number of benzene rings is 1. The van der Waals surface area contributed by atoms with Crippen molar-refractivity contribution in [2.75, 3.05) is 13.9 Å². The van der Waals surface area contributed by atoms with Gasteiger partial charge in [0.1, 0.15) is 17.6 Å². The molecule has 0 radical (unpaired) electrons. The van der Waals surface area contributed by atoms with Crippen molar-refractivity contribution >= 4 is 5.97 Å². The Morgan fingerprint density at radius 1 is 1.36 bits per heavy atom. The topological polar surface area (TPSA) is 48.0 Å². The number of carbonyl (C=O) groups excluding carboxylic acids is 1. The van der Waals surface area contributed by atoms with E-state index in [2.05, 4.69) is 4.90 Å². The molecular weight excluding hydrogens is 325 g/mol. The fourth-order valence-corrected chi connectivity index (χ4v) is 4.72. The maximum atomic E-state index is 14.1. The lowest BCUT2D eigenvalue weighted by Crippen LogP contribution is -2.42. The molecule has 3 unspecified atom stereocenters. The number of carbonyl (C=O) groups is 1. The first-order valence-electron chi connectivity index (χ1n) is 9.03. The molecule has 4 rings (SSSR count). The monoisotopic (exact) mass is 349 g/mol. The molecule has 5 nitrogen and oxygen atoms in total. The summed E-state index contributed by atoms with van der Waals surface area (Å²) in [6.07, 6.45) is 5.47. The molecule has 3 atom stereocenters. The molecule has 1 aliphatic carbocycles. The molecule has 1 saturated carbocycles. The average molecular weight is 349 g/mol. The number of rotatable bonds is 3. The third-order valence-corrected chi connectivity index (χ3v) is 5.80. The minimum absolute atomic E-state index is 0.179. The Kier molecular flexibility index (Phi) is 4.65. The van der Waals surface area contributed by atoms with E-state index in [1.165, 1.54) is 32.1 Å². The summed E-state index contributed by atoms with van der Waals surface area (Å²) in [5, 5.41) is 0. The van der Waals surface area contributed by atoms with E-state index in [-0.39, 0.29) is 24.6 Å². The van der Waals surface area contributed by atoms with E-state index in [0.29, 0.717) is 30.9 Å². The molecule has 2 aliphatic heterocycles. The molecule has 1 aromatic rings. The largest absolute Gasteiger partial charge is 0.468 e. The van der Waals surface area contributed by atoms with E-state index < -0.39 is 0 Å². The highest BCUT2D eigenvalue weighted by Gasteiger charge is 2.45. The predicted molar refractivity (Wildman–Crippen MR) is 88.4 cm³/mol. The Hall–Kier alpha value is -1.66. The van der Waals surface area contributed by atoms with Crippen LogP contribution >= 0.6 is 0 Å². The van der Waals surface area contributed by atoms with Gasteiger partial charge in [-0.3, -0.25) is 9.69 Å². The van der Waals surface area contributed by atoms with Crippen LogP contribution in [0.5, 0.6) is 5.75 Å². The number of likely N-dealkylation sites (tertiary alicyclic amines) is 1. The van der Waals surface area contributed by atoms with Crippen molar-refractivity contribution in [3.05, 3.63) is 29.1 Å². The summed E-state index contributed by atoms with van der Waals surface area (Å²) in [7, 11) is 1.44. The number of hydrogen-bond acceptors (Lipinski definition) is 5. The van der Waals surface area contributed by atoms with Gasteiger partial charge >= 0.3 is 5.97 Å². The van der Waals surface area contributed by atoms with E-state index in [1.807, 2.05) is 0 Å². The van der Waals surface area contributed by atoms with Gasteiger partial charge in [0.2, 0.25) is 0 Å². The van der Waals surface area contributed by atoms with Crippen molar-refractivity contribution in [3.63, 3.8) is 0 Å². The molecule has 0 N–H and O–H groups in total. The summed E-state index contributed by atoms with van der Waals surface area (Å²) in [5.41, 5.74) is 1.52. The van der Waals surface area contributed by atoms with Gasteiger partial charge in [-0.25, -0.2) is 4.39 Å². The highest BCUT2D eigenvalue weighted by Crippen LogP contribution is 2.42. The molecule has 136 valence electrons. The number of halogens is 1. The molecule has 0 bridgehead atoms. The zero-order chi connectivity index (χ0) is 17.4. The van der Waals surface area contributed by atoms with Gasteiger partial charge in [0.05, 0.1) is 13.7 Å². The summed E-state index contributed by atoms with van der Waals surface area (Å²) >= 11 is 0. The van der Waals surface area contributed by atoms with E-state index in [4.69, 9.17) is 14.2 Å². The van der Waals surface area contributed by atoms with E-state index in [1.54, 1.807) is 0 Å². The van der Waals surface area contributed by atoms with E-state index in [0.717, 1.165) is 30.4 Å². The van der Waals surface area contributed by atoms with E-state index >= 15 is 0 Å². The minimum Gasteiger partial charge on any atom is -0.468 e. The third-order valence-electron chi connectivity index (χ3n) is 5.80. The van der Waals surface area contributed by atoms with Crippen LogP contribution in [0, 0.1) is 11.7 Å².